The summed E-state index contributed by atoms with van der Waals surface area (Å²) in [6.45, 7) is 3.75. The Balaban J connectivity index is 2.12. The molecule has 0 radical (unpaired) electrons. The molecule has 0 spiro atoms. The first-order chi connectivity index (χ1) is 13.4. The van der Waals surface area contributed by atoms with E-state index < -0.39 is 16.1 Å². The van der Waals surface area contributed by atoms with E-state index in [0.717, 1.165) is 22.1 Å². The minimum atomic E-state index is -3.81. The Morgan fingerprint density at radius 2 is 1.46 bits per heavy atom. The van der Waals surface area contributed by atoms with Crippen molar-refractivity contribution in [2.24, 2.45) is 5.73 Å². The van der Waals surface area contributed by atoms with Crippen LogP contribution in [-0.4, -0.2) is 12.4 Å². The van der Waals surface area contributed by atoms with E-state index in [1.165, 1.54) is 3.97 Å². The van der Waals surface area contributed by atoms with Gasteiger partial charge in [0, 0.05) is 17.0 Å². The number of para-hydroxylation sites is 1. The van der Waals surface area contributed by atoms with Gasteiger partial charge in [0.1, 0.15) is 0 Å². The van der Waals surface area contributed by atoms with E-state index in [9.17, 15) is 8.42 Å². The topological polar surface area (TPSA) is 65.1 Å². The first kappa shape index (κ1) is 18.5. The monoisotopic (exact) mass is 390 g/mol. The first-order valence-corrected chi connectivity index (χ1v) is 10.6. The first-order valence-electron chi connectivity index (χ1n) is 9.18. The smallest absolute Gasteiger partial charge is 0.268 e. The summed E-state index contributed by atoms with van der Waals surface area (Å²) in [7, 11) is -3.81. The van der Waals surface area contributed by atoms with Gasteiger partial charge in [0.15, 0.2) is 0 Å². The van der Waals surface area contributed by atoms with E-state index in [1.807, 2.05) is 80.6 Å². The third-order valence-corrected chi connectivity index (χ3v) is 6.66. The highest BCUT2D eigenvalue weighted by molar-refractivity contribution is 7.90. The van der Waals surface area contributed by atoms with Crippen LogP contribution in [0.25, 0.3) is 22.0 Å². The predicted octanol–water partition coefficient (Wildman–Crippen LogP) is 4.87. The number of aryl methyl sites for hydroxylation is 1. The van der Waals surface area contributed by atoms with E-state index >= 15 is 0 Å². The second-order valence-corrected chi connectivity index (χ2v) is 8.80. The minimum Gasteiger partial charge on any atom is -0.323 e. The number of rotatable bonds is 4. The van der Waals surface area contributed by atoms with Gasteiger partial charge in [0.05, 0.1) is 16.1 Å². The summed E-state index contributed by atoms with van der Waals surface area (Å²) in [5.41, 5.74) is 10.4. The summed E-state index contributed by atoms with van der Waals surface area (Å²) < 4.78 is 28.7. The summed E-state index contributed by atoms with van der Waals surface area (Å²) in [6.07, 6.45) is 0. The molecule has 1 aromatic heterocycles. The van der Waals surface area contributed by atoms with Crippen molar-refractivity contribution < 1.29 is 8.42 Å². The van der Waals surface area contributed by atoms with Crippen molar-refractivity contribution in [3.05, 3.63) is 90.1 Å². The van der Waals surface area contributed by atoms with Crippen LogP contribution >= 0.6 is 0 Å². The van der Waals surface area contributed by atoms with Gasteiger partial charge in [-0.3, -0.25) is 0 Å². The average Bonchev–Trinajstić information content (AvgIpc) is 3.05. The quantitative estimate of drug-likeness (QED) is 0.540. The second kappa shape index (κ2) is 6.93. The molecule has 0 aliphatic heterocycles. The van der Waals surface area contributed by atoms with E-state index in [2.05, 4.69) is 0 Å². The van der Waals surface area contributed by atoms with Crippen LogP contribution in [0.2, 0.25) is 0 Å². The average molecular weight is 391 g/mol. The van der Waals surface area contributed by atoms with Gasteiger partial charge in [-0.25, -0.2) is 12.4 Å². The summed E-state index contributed by atoms with van der Waals surface area (Å²) in [5.74, 6) is 0. The van der Waals surface area contributed by atoms with Crippen molar-refractivity contribution in [1.82, 2.24) is 3.97 Å². The third-order valence-electron chi connectivity index (χ3n) is 4.92. The van der Waals surface area contributed by atoms with Crippen molar-refractivity contribution in [1.29, 1.82) is 0 Å². The lowest BCUT2D eigenvalue weighted by atomic mass is 9.99. The Bertz CT molecular complexity index is 1240. The molecule has 1 heterocycles. The van der Waals surface area contributed by atoms with Crippen LogP contribution in [0.15, 0.2) is 83.8 Å². The maximum Gasteiger partial charge on any atom is 0.268 e. The zero-order valence-corrected chi connectivity index (χ0v) is 16.6. The molecule has 5 heteroatoms. The molecule has 1 atom stereocenters. The van der Waals surface area contributed by atoms with Gasteiger partial charge in [-0.2, -0.15) is 0 Å². The molecule has 0 amide bonds. The number of aromatic nitrogens is 1. The molecule has 4 rings (SSSR count). The fraction of sp³-hybridized carbons (Fsp3) is 0.130. The van der Waals surface area contributed by atoms with Crippen molar-refractivity contribution in [3.8, 4) is 11.1 Å². The van der Waals surface area contributed by atoms with Gasteiger partial charge in [-0.05, 0) is 37.6 Å². The van der Waals surface area contributed by atoms with Crippen molar-refractivity contribution in [2.45, 2.75) is 24.8 Å². The molecule has 28 heavy (non-hydrogen) atoms. The SMILES string of the molecule is Cc1ccc(S(=O)(=O)n2c(C(C)N)c(-c3ccccc3)c3ccccc32)cc1. The Labute approximate surface area is 165 Å². The summed E-state index contributed by atoms with van der Waals surface area (Å²) in [4.78, 5) is 0.250. The molecule has 2 N–H and O–H groups in total. The minimum absolute atomic E-state index is 0.250. The summed E-state index contributed by atoms with van der Waals surface area (Å²) >= 11 is 0. The second-order valence-electron chi connectivity index (χ2n) is 7.01. The van der Waals surface area contributed by atoms with Crippen LogP contribution in [0, 0.1) is 6.92 Å². The highest BCUT2D eigenvalue weighted by Gasteiger charge is 2.28. The van der Waals surface area contributed by atoms with Gasteiger partial charge in [-0.15, -0.1) is 0 Å². The molecule has 3 aromatic carbocycles. The van der Waals surface area contributed by atoms with Crippen LogP contribution < -0.4 is 5.73 Å². The van der Waals surface area contributed by atoms with Crippen molar-refractivity contribution >= 4 is 20.9 Å². The lowest BCUT2D eigenvalue weighted by Crippen LogP contribution is -2.20. The maximum atomic E-state index is 13.6. The predicted molar refractivity (Wildman–Crippen MR) is 114 cm³/mol. The molecular weight excluding hydrogens is 368 g/mol. The maximum absolute atomic E-state index is 13.6. The van der Waals surface area contributed by atoms with E-state index in [1.54, 1.807) is 12.1 Å². The third kappa shape index (κ3) is 2.93. The number of fused-ring (bicyclic) bond motifs is 1. The van der Waals surface area contributed by atoms with Crippen LogP contribution in [0.3, 0.4) is 0 Å². The largest absolute Gasteiger partial charge is 0.323 e. The van der Waals surface area contributed by atoms with Crippen LogP contribution in [0.1, 0.15) is 24.2 Å². The molecule has 0 bridgehead atoms. The van der Waals surface area contributed by atoms with Gasteiger partial charge in [0.2, 0.25) is 0 Å². The standard InChI is InChI=1S/C23H22N2O2S/c1-16-12-14-19(15-13-16)28(26,27)25-21-11-7-6-10-20(21)22(23(25)17(2)24)18-8-4-3-5-9-18/h3-15,17H,24H2,1-2H3. The number of hydrogen-bond acceptors (Lipinski definition) is 3. The molecule has 0 aliphatic carbocycles. The zero-order chi connectivity index (χ0) is 19.9. The fourth-order valence-corrected chi connectivity index (χ4v) is 5.25. The number of benzene rings is 3. The van der Waals surface area contributed by atoms with Crippen LogP contribution in [-0.2, 0) is 10.0 Å². The van der Waals surface area contributed by atoms with Gasteiger partial charge >= 0.3 is 0 Å². The Kier molecular flexibility index (Phi) is 4.57. The number of nitrogens with two attached hydrogens (primary N) is 1. The molecule has 1 unspecified atom stereocenters. The molecule has 4 nitrogen and oxygen atoms in total. The van der Waals surface area contributed by atoms with Crippen LogP contribution in [0.5, 0.6) is 0 Å². The summed E-state index contributed by atoms with van der Waals surface area (Å²) in [6, 6.07) is 23.8. The zero-order valence-electron chi connectivity index (χ0n) is 15.8. The highest BCUT2D eigenvalue weighted by Crippen LogP contribution is 2.39. The highest BCUT2D eigenvalue weighted by atomic mass is 32.2. The van der Waals surface area contributed by atoms with E-state index in [4.69, 9.17) is 5.73 Å². The Hall–Kier alpha value is -2.89. The molecule has 4 aromatic rings. The van der Waals surface area contributed by atoms with Gasteiger partial charge < -0.3 is 5.73 Å². The Morgan fingerprint density at radius 1 is 0.857 bits per heavy atom. The van der Waals surface area contributed by atoms with Gasteiger partial charge in [-0.1, -0.05) is 66.2 Å². The lowest BCUT2D eigenvalue weighted by molar-refractivity contribution is 0.584. The molecule has 142 valence electrons. The fourth-order valence-electron chi connectivity index (χ4n) is 3.63. The van der Waals surface area contributed by atoms with Gasteiger partial charge in [0.25, 0.3) is 10.0 Å². The normalized spacial score (nSPS) is 13.0. The van der Waals surface area contributed by atoms with E-state index in [0.29, 0.717) is 11.2 Å². The summed E-state index contributed by atoms with van der Waals surface area (Å²) in [5, 5.41) is 0.872. The van der Waals surface area contributed by atoms with Crippen molar-refractivity contribution in [3.63, 3.8) is 0 Å². The lowest BCUT2D eigenvalue weighted by Gasteiger charge is -2.16. The molecular formula is C23H22N2O2S. The van der Waals surface area contributed by atoms with Crippen LogP contribution in [0.4, 0.5) is 0 Å². The molecule has 0 aliphatic rings. The molecule has 0 fully saturated rings. The number of hydrogen-bond donors (Lipinski definition) is 1. The Morgan fingerprint density at radius 3 is 2.11 bits per heavy atom. The van der Waals surface area contributed by atoms with Crippen molar-refractivity contribution in [2.75, 3.05) is 0 Å². The van der Waals surface area contributed by atoms with E-state index in [-0.39, 0.29) is 4.90 Å². The number of nitrogens with zero attached hydrogens (tertiary/aromatic N) is 1. The molecule has 0 saturated heterocycles. The molecule has 0 saturated carbocycles.